The van der Waals surface area contributed by atoms with E-state index in [4.69, 9.17) is 5.73 Å². The van der Waals surface area contributed by atoms with Crippen molar-refractivity contribution >= 4 is 23.2 Å². The highest BCUT2D eigenvalue weighted by atomic mass is 19.4. The fourth-order valence-corrected chi connectivity index (χ4v) is 2.01. The number of imidazole rings is 2. The first kappa shape index (κ1) is 14.1. The lowest BCUT2D eigenvalue weighted by atomic mass is 10.2. The fourth-order valence-electron chi connectivity index (χ4n) is 2.01. The minimum absolute atomic E-state index is 0.189. The van der Waals surface area contributed by atoms with Gasteiger partial charge in [-0.2, -0.15) is 18.3 Å². The number of hydrogen-bond donors (Lipinski definition) is 2. The minimum Gasteiger partial charge on any atom is -0.368 e. The van der Waals surface area contributed by atoms with Crippen molar-refractivity contribution in [1.29, 1.82) is 0 Å². The van der Waals surface area contributed by atoms with Gasteiger partial charge in [-0.15, -0.1) is 0 Å². The molecule has 0 fully saturated rings. The van der Waals surface area contributed by atoms with E-state index in [0.717, 1.165) is 0 Å². The second kappa shape index (κ2) is 4.86. The molecule has 2 heterocycles. The van der Waals surface area contributed by atoms with Gasteiger partial charge in [0.25, 0.3) is 0 Å². The summed E-state index contributed by atoms with van der Waals surface area (Å²) in [5.41, 5.74) is 7.25. The van der Waals surface area contributed by atoms with Crippen LogP contribution in [0.15, 0.2) is 29.5 Å². The van der Waals surface area contributed by atoms with Crippen LogP contribution in [0.4, 0.5) is 19.1 Å². The van der Waals surface area contributed by atoms with Crippen LogP contribution < -0.4 is 5.73 Å². The number of H-pyrrole nitrogens is 1. The Morgan fingerprint density at radius 1 is 1.32 bits per heavy atom. The Morgan fingerprint density at radius 2 is 2.09 bits per heavy atom. The van der Waals surface area contributed by atoms with E-state index in [0.29, 0.717) is 11.3 Å². The number of para-hydroxylation sites is 1. The molecule has 2 aromatic heterocycles. The molecule has 0 aliphatic carbocycles. The lowest BCUT2D eigenvalue weighted by Gasteiger charge is -1.99. The number of nitrogens with two attached hydrogens (primary N) is 1. The number of aryl methyl sites for hydroxylation is 1. The SMILES string of the molecule is Cc1cn(N=Cc2cccc3[nH]c(C(F)(F)F)nc23)c(N)n1. The minimum atomic E-state index is -4.53. The number of nitrogen functional groups attached to an aromatic ring is 1. The Bertz CT molecular complexity index is 858. The predicted molar refractivity (Wildman–Crippen MR) is 75.5 cm³/mol. The summed E-state index contributed by atoms with van der Waals surface area (Å²) in [5.74, 6) is -0.847. The first-order valence-electron chi connectivity index (χ1n) is 6.26. The lowest BCUT2D eigenvalue weighted by Crippen LogP contribution is -2.06. The average molecular weight is 308 g/mol. The molecule has 3 N–H and O–H groups in total. The molecule has 0 aliphatic heterocycles. The molecule has 0 radical (unpaired) electrons. The molecule has 0 saturated carbocycles. The maximum Gasteiger partial charge on any atom is 0.449 e. The van der Waals surface area contributed by atoms with Crippen LogP contribution in [0.25, 0.3) is 11.0 Å². The summed E-state index contributed by atoms with van der Waals surface area (Å²) in [6.45, 7) is 1.76. The Hall–Kier alpha value is -2.84. The van der Waals surface area contributed by atoms with E-state index in [-0.39, 0.29) is 17.0 Å². The maximum atomic E-state index is 12.7. The molecule has 3 aromatic rings. The van der Waals surface area contributed by atoms with Crippen LogP contribution in [-0.4, -0.2) is 25.8 Å². The molecule has 114 valence electrons. The zero-order valence-corrected chi connectivity index (χ0v) is 11.4. The molecule has 3 rings (SSSR count). The van der Waals surface area contributed by atoms with Gasteiger partial charge in [-0.05, 0) is 13.0 Å². The molecular weight excluding hydrogens is 297 g/mol. The van der Waals surface area contributed by atoms with Crippen LogP contribution in [0.5, 0.6) is 0 Å². The monoisotopic (exact) mass is 308 g/mol. The van der Waals surface area contributed by atoms with Gasteiger partial charge in [0.2, 0.25) is 11.8 Å². The van der Waals surface area contributed by atoms with Crippen molar-refractivity contribution in [3.63, 3.8) is 0 Å². The van der Waals surface area contributed by atoms with Gasteiger partial charge >= 0.3 is 6.18 Å². The highest BCUT2D eigenvalue weighted by molar-refractivity contribution is 5.96. The molecule has 0 atom stereocenters. The fraction of sp³-hybridized carbons (Fsp3) is 0.154. The summed E-state index contributed by atoms with van der Waals surface area (Å²) in [7, 11) is 0. The topological polar surface area (TPSA) is 84.9 Å². The average Bonchev–Trinajstić information content (AvgIpc) is 2.99. The summed E-state index contributed by atoms with van der Waals surface area (Å²) < 4.78 is 39.5. The van der Waals surface area contributed by atoms with Gasteiger partial charge in [0.05, 0.1) is 29.1 Å². The third-order valence-corrected chi connectivity index (χ3v) is 2.97. The number of fused-ring (bicyclic) bond motifs is 1. The van der Waals surface area contributed by atoms with Crippen molar-refractivity contribution in [1.82, 2.24) is 19.6 Å². The van der Waals surface area contributed by atoms with Crippen LogP contribution in [0.2, 0.25) is 0 Å². The third-order valence-electron chi connectivity index (χ3n) is 2.97. The highest BCUT2D eigenvalue weighted by Gasteiger charge is 2.34. The highest BCUT2D eigenvalue weighted by Crippen LogP contribution is 2.29. The van der Waals surface area contributed by atoms with Gasteiger partial charge in [-0.25, -0.2) is 14.6 Å². The Kier molecular flexibility index (Phi) is 3.12. The van der Waals surface area contributed by atoms with E-state index in [9.17, 15) is 13.2 Å². The van der Waals surface area contributed by atoms with Crippen LogP contribution >= 0.6 is 0 Å². The van der Waals surface area contributed by atoms with Crippen molar-refractivity contribution in [3.05, 3.63) is 41.5 Å². The molecule has 0 aliphatic rings. The van der Waals surface area contributed by atoms with Gasteiger partial charge in [-0.1, -0.05) is 12.1 Å². The second-order valence-corrected chi connectivity index (χ2v) is 4.66. The number of hydrogen-bond acceptors (Lipinski definition) is 4. The molecule has 0 bridgehead atoms. The summed E-state index contributed by atoms with van der Waals surface area (Å²) in [6.07, 6.45) is -1.53. The molecule has 1 aromatic carbocycles. The number of benzene rings is 1. The van der Waals surface area contributed by atoms with E-state index in [1.807, 2.05) is 0 Å². The molecule has 22 heavy (non-hydrogen) atoms. The molecule has 0 saturated heterocycles. The van der Waals surface area contributed by atoms with Gasteiger partial charge in [-0.3, -0.25) is 0 Å². The van der Waals surface area contributed by atoms with Gasteiger partial charge in [0.1, 0.15) is 0 Å². The Morgan fingerprint density at radius 3 is 2.73 bits per heavy atom. The summed E-state index contributed by atoms with van der Waals surface area (Å²) in [6, 6.07) is 4.75. The van der Waals surface area contributed by atoms with E-state index < -0.39 is 12.0 Å². The van der Waals surface area contributed by atoms with Crippen molar-refractivity contribution in [2.24, 2.45) is 5.10 Å². The summed E-state index contributed by atoms with van der Waals surface area (Å²) in [5, 5.41) is 4.09. The number of aromatic nitrogens is 4. The number of anilines is 1. The quantitative estimate of drug-likeness (QED) is 0.713. The van der Waals surface area contributed by atoms with Gasteiger partial charge < -0.3 is 10.7 Å². The van der Waals surface area contributed by atoms with Gasteiger partial charge in [0, 0.05) is 5.56 Å². The zero-order valence-electron chi connectivity index (χ0n) is 11.4. The van der Waals surface area contributed by atoms with E-state index in [1.165, 1.54) is 17.0 Å². The normalized spacial score (nSPS) is 12.5. The van der Waals surface area contributed by atoms with Crippen molar-refractivity contribution in [2.45, 2.75) is 13.1 Å². The summed E-state index contributed by atoms with van der Waals surface area (Å²) >= 11 is 0. The largest absolute Gasteiger partial charge is 0.449 e. The zero-order chi connectivity index (χ0) is 15.9. The standard InChI is InChI=1S/C13H11F3N6/c1-7-6-22(12(17)19-7)18-5-8-3-2-4-9-10(8)21-11(20-9)13(14,15)16/h2-6H,1H3,(H2,17,19)(H,20,21). The Labute approximate surface area is 122 Å². The van der Waals surface area contributed by atoms with Crippen molar-refractivity contribution in [2.75, 3.05) is 5.73 Å². The van der Waals surface area contributed by atoms with Crippen LogP contribution in [-0.2, 0) is 6.18 Å². The molecule has 0 spiro atoms. The number of nitrogens with one attached hydrogen (secondary N) is 1. The molecule has 6 nitrogen and oxygen atoms in total. The van der Waals surface area contributed by atoms with E-state index >= 15 is 0 Å². The number of halogens is 3. The second-order valence-electron chi connectivity index (χ2n) is 4.66. The maximum absolute atomic E-state index is 12.7. The number of alkyl halides is 3. The number of nitrogens with zero attached hydrogens (tertiary/aromatic N) is 4. The predicted octanol–water partition coefficient (Wildman–Crippen LogP) is 2.55. The third kappa shape index (κ3) is 2.52. The van der Waals surface area contributed by atoms with Gasteiger partial charge in [0.15, 0.2) is 0 Å². The summed E-state index contributed by atoms with van der Waals surface area (Å²) in [4.78, 5) is 9.82. The van der Waals surface area contributed by atoms with E-state index in [1.54, 1.807) is 25.3 Å². The first-order chi connectivity index (χ1) is 10.3. The van der Waals surface area contributed by atoms with E-state index in [2.05, 4.69) is 20.1 Å². The molecule has 9 heteroatoms. The van der Waals surface area contributed by atoms with Crippen LogP contribution in [0.1, 0.15) is 17.1 Å². The molecule has 0 amide bonds. The van der Waals surface area contributed by atoms with Crippen LogP contribution in [0, 0.1) is 6.92 Å². The Balaban J connectivity index is 2.04. The van der Waals surface area contributed by atoms with Crippen molar-refractivity contribution < 1.29 is 13.2 Å². The van der Waals surface area contributed by atoms with Crippen LogP contribution in [0.3, 0.4) is 0 Å². The van der Waals surface area contributed by atoms with Crippen molar-refractivity contribution in [3.8, 4) is 0 Å². The molecule has 0 unspecified atom stereocenters. The smallest absolute Gasteiger partial charge is 0.368 e. The number of aromatic amines is 1. The molecular formula is C13H11F3N6. The first-order valence-corrected chi connectivity index (χ1v) is 6.26. The lowest BCUT2D eigenvalue weighted by molar-refractivity contribution is -0.144. The number of rotatable bonds is 2.